The lowest BCUT2D eigenvalue weighted by Crippen LogP contribution is -2.62. The minimum Gasteiger partial charge on any atom is -0.435 e. The van der Waals surface area contributed by atoms with E-state index in [0.29, 0.717) is 42.8 Å². The first-order chi connectivity index (χ1) is 18.1. The molecule has 5 heterocycles. The molecule has 2 saturated heterocycles. The zero-order valence-electron chi connectivity index (χ0n) is 23.5. The van der Waals surface area contributed by atoms with E-state index in [4.69, 9.17) is 9.15 Å². The fraction of sp³-hybridized carbons (Fsp3) is 0.704. The Labute approximate surface area is 224 Å². The number of nitrogens with one attached hydrogen (secondary N) is 2. The second kappa shape index (κ2) is 10.3. The number of fused-ring (bicyclic) bond motifs is 1. The second-order valence-electron chi connectivity index (χ2n) is 11.5. The van der Waals surface area contributed by atoms with Crippen LogP contribution >= 0.6 is 0 Å². The van der Waals surface area contributed by atoms with Gasteiger partial charge in [-0.25, -0.2) is 9.78 Å². The number of hydrogen-bond donors (Lipinski definition) is 2. The van der Waals surface area contributed by atoms with Crippen molar-refractivity contribution in [3.8, 4) is 0 Å². The molecule has 0 bridgehead atoms. The third-order valence-corrected chi connectivity index (χ3v) is 8.48. The van der Waals surface area contributed by atoms with Gasteiger partial charge in [-0.1, -0.05) is 6.92 Å². The number of rotatable bonds is 5. The number of carbonyl (C=O) groups excluding carboxylic acids is 2. The van der Waals surface area contributed by atoms with Gasteiger partial charge in [0.2, 0.25) is 5.76 Å². The maximum atomic E-state index is 13.9. The van der Waals surface area contributed by atoms with Crippen LogP contribution in [-0.4, -0.2) is 86.8 Å². The summed E-state index contributed by atoms with van der Waals surface area (Å²) in [5, 5.41) is 10.3. The van der Waals surface area contributed by atoms with Gasteiger partial charge in [-0.05, 0) is 53.4 Å². The summed E-state index contributed by atoms with van der Waals surface area (Å²) in [5.41, 5.74) is 1.61. The van der Waals surface area contributed by atoms with Crippen molar-refractivity contribution in [2.45, 2.75) is 85.0 Å². The first kappa shape index (κ1) is 26.7. The molecule has 1 unspecified atom stereocenters. The van der Waals surface area contributed by atoms with E-state index in [1.807, 2.05) is 30.6 Å². The molecule has 11 nitrogen and oxygen atoms in total. The molecule has 0 spiro atoms. The standard InChI is InChI=1S/C27H41N7O4/c1-7-21-28-18(4)22(38-21)25(35)29-24-20-15-34(27(5,6)23(20)30-31-24)26(36)33-13-16(2)32(12-17(33)3)14-19-8-10-37-11-9-19/h16-17,19H,7-15H2,1-6H3,(H2,29,30,31,35)/t16?,17-/m0/s1. The van der Waals surface area contributed by atoms with Crippen LogP contribution in [0.5, 0.6) is 0 Å². The van der Waals surface area contributed by atoms with Gasteiger partial charge in [0.25, 0.3) is 5.91 Å². The molecule has 2 aromatic heterocycles. The van der Waals surface area contributed by atoms with Gasteiger partial charge < -0.3 is 24.3 Å². The Balaban J connectivity index is 1.27. The average Bonchev–Trinajstić information content (AvgIpc) is 3.54. The van der Waals surface area contributed by atoms with Gasteiger partial charge in [0.05, 0.1) is 23.5 Å². The third-order valence-electron chi connectivity index (χ3n) is 8.48. The molecular formula is C27H41N7O4. The highest BCUT2D eigenvalue weighted by molar-refractivity contribution is 6.03. The van der Waals surface area contributed by atoms with Gasteiger partial charge in [0.1, 0.15) is 0 Å². The first-order valence-electron chi connectivity index (χ1n) is 13.9. The number of nitrogens with zero attached hydrogens (tertiary/aromatic N) is 5. The number of ether oxygens (including phenoxy) is 1. The van der Waals surface area contributed by atoms with Crippen molar-refractivity contribution in [3.63, 3.8) is 0 Å². The van der Waals surface area contributed by atoms with Crippen LogP contribution in [-0.2, 0) is 23.2 Å². The van der Waals surface area contributed by atoms with Crippen molar-refractivity contribution in [1.82, 2.24) is 29.9 Å². The van der Waals surface area contributed by atoms with E-state index in [-0.39, 0.29) is 23.9 Å². The summed E-state index contributed by atoms with van der Waals surface area (Å²) >= 11 is 0. The third kappa shape index (κ3) is 4.82. The van der Waals surface area contributed by atoms with E-state index in [9.17, 15) is 9.59 Å². The molecule has 2 fully saturated rings. The van der Waals surface area contributed by atoms with Crippen LogP contribution in [0.1, 0.15) is 80.9 Å². The van der Waals surface area contributed by atoms with E-state index in [0.717, 1.165) is 50.4 Å². The molecule has 2 atom stereocenters. The highest BCUT2D eigenvalue weighted by Gasteiger charge is 2.47. The van der Waals surface area contributed by atoms with E-state index in [1.165, 1.54) is 0 Å². The number of amides is 3. The van der Waals surface area contributed by atoms with E-state index < -0.39 is 11.4 Å². The number of anilines is 1. The molecule has 0 radical (unpaired) electrons. The Bertz CT molecular complexity index is 1180. The number of carbonyl (C=O) groups is 2. The van der Waals surface area contributed by atoms with Crippen LogP contribution in [0.25, 0.3) is 0 Å². The quantitative estimate of drug-likeness (QED) is 0.611. The topological polar surface area (TPSA) is 120 Å². The Kier molecular flexibility index (Phi) is 7.25. The summed E-state index contributed by atoms with van der Waals surface area (Å²) < 4.78 is 11.1. The minimum atomic E-state index is -0.595. The van der Waals surface area contributed by atoms with Crippen LogP contribution in [0.15, 0.2) is 4.42 Å². The minimum absolute atomic E-state index is 0.0145. The summed E-state index contributed by atoms with van der Waals surface area (Å²) in [4.78, 5) is 37.6. The molecule has 3 aliphatic rings. The number of hydrogen-bond acceptors (Lipinski definition) is 7. The normalized spacial score (nSPS) is 24.1. The first-order valence-corrected chi connectivity index (χ1v) is 13.9. The Morgan fingerprint density at radius 2 is 1.89 bits per heavy atom. The van der Waals surface area contributed by atoms with Gasteiger partial charge >= 0.3 is 6.03 Å². The largest absolute Gasteiger partial charge is 0.435 e. The monoisotopic (exact) mass is 527 g/mol. The summed E-state index contributed by atoms with van der Waals surface area (Å²) in [5.74, 6) is 1.40. The summed E-state index contributed by atoms with van der Waals surface area (Å²) in [7, 11) is 0. The fourth-order valence-electron chi connectivity index (χ4n) is 6.04. The molecule has 3 amide bonds. The van der Waals surface area contributed by atoms with Crippen LogP contribution in [0.4, 0.5) is 10.6 Å². The number of oxazole rings is 1. The lowest BCUT2D eigenvalue weighted by molar-refractivity contribution is 0.00882. The molecule has 2 aromatic rings. The number of aromatic nitrogens is 3. The van der Waals surface area contributed by atoms with Crippen molar-refractivity contribution in [2.24, 2.45) is 5.92 Å². The molecule has 2 N–H and O–H groups in total. The second-order valence-corrected chi connectivity index (χ2v) is 11.5. The van der Waals surface area contributed by atoms with Crippen LogP contribution in [0, 0.1) is 12.8 Å². The molecule has 0 aliphatic carbocycles. The van der Waals surface area contributed by atoms with Gasteiger partial charge in [0.15, 0.2) is 11.7 Å². The zero-order valence-corrected chi connectivity index (χ0v) is 23.5. The van der Waals surface area contributed by atoms with Crippen molar-refractivity contribution < 1.29 is 18.7 Å². The van der Waals surface area contributed by atoms with Gasteiger partial charge in [-0.3, -0.25) is 14.8 Å². The van der Waals surface area contributed by atoms with Gasteiger partial charge in [0, 0.05) is 56.9 Å². The highest BCUT2D eigenvalue weighted by atomic mass is 16.5. The molecule has 38 heavy (non-hydrogen) atoms. The van der Waals surface area contributed by atoms with Crippen LogP contribution in [0.3, 0.4) is 0 Å². The number of aromatic amines is 1. The molecule has 0 aromatic carbocycles. The van der Waals surface area contributed by atoms with Crippen LogP contribution in [0.2, 0.25) is 0 Å². The van der Waals surface area contributed by atoms with Crippen molar-refractivity contribution >= 4 is 17.8 Å². The maximum Gasteiger partial charge on any atom is 0.321 e. The number of urea groups is 1. The number of aryl methyl sites for hydroxylation is 2. The predicted octanol–water partition coefficient (Wildman–Crippen LogP) is 3.51. The lowest BCUT2D eigenvalue weighted by atomic mass is 9.97. The summed E-state index contributed by atoms with van der Waals surface area (Å²) in [6.45, 7) is 16.8. The van der Waals surface area contributed by atoms with E-state index in [2.05, 4.69) is 39.2 Å². The summed E-state index contributed by atoms with van der Waals surface area (Å²) in [6, 6.07) is 0.407. The molecule has 11 heteroatoms. The Morgan fingerprint density at radius 1 is 1.16 bits per heavy atom. The van der Waals surface area contributed by atoms with Crippen LogP contribution < -0.4 is 5.32 Å². The van der Waals surface area contributed by atoms with Crippen molar-refractivity contribution in [1.29, 1.82) is 0 Å². The predicted molar refractivity (Wildman–Crippen MR) is 142 cm³/mol. The molecule has 208 valence electrons. The maximum absolute atomic E-state index is 13.9. The smallest absolute Gasteiger partial charge is 0.321 e. The molecule has 5 rings (SSSR count). The van der Waals surface area contributed by atoms with E-state index in [1.54, 1.807) is 6.92 Å². The molecule has 0 saturated carbocycles. The highest BCUT2D eigenvalue weighted by Crippen LogP contribution is 2.41. The lowest BCUT2D eigenvalue weighted by Gasteiger charge is -2.47. The zero-order chi connectivity index (χ0) is 27.2. The molecule has 3 aliphatic heterocycles. The Morgan fingerprint density at radius 3 is 2.58 bits per heavy atom. The SMILES string of the molecule is CCc1nc(C)c(C(=O)Nc2n[nH]c3c2CN(C(=O)N2CC(C)N(CC4CCOCC4)C[C@@H]2C)C3(C)C)o1. The average molecular weight is 528 g/mol. The summed E-state index contributed by atoms with van der Waals surface area (Å²) in [6.07, 6.45) is 2.84. The number of H-pyrrole nitrogens is 1. The number of piperazine rings is 1. The molecular weight excluding hydrogens is 486 g/mol. The Hall–Kier alpha value is -2.92. The van der Waals surface area contributed by atoms with Gasteiger partial charge in [-0.15, -0.1) is 0 Å². The van der Waals surface area contributed by atoms with Crippen molar-refractivity contribution in [3.05, 3.63) is 28.6 Å². The van der Waals surface area contributed by atoms with Crippen molar-refractivity contribution in [2.75, 3.05) is 38.2 Å². The van der Waals surface area contributed by atoms with Gasteiger partial charge in [-0.2, -0.15) is 5.10 Å². The van der Waals surface area contributed by atoms with E-state index >= 15 is 0 Å². The fourth-order valence-corrected chi connectivity index (χ4v) is 6.04.